The van der Waals surface area contributed by atoms with Crippen molar-refractivity contribution in [2.45, 2.75) is 51.8 Å². The van der Waals surface area contributed by atoms with Crippen LogP contribution in [0.1, 0.15) is 48.7 Å². The average Bonchev–Trinajstić information content (AvgIpc) is 3.29. The van der Waals surface area contributed by atoms with Gasteiger partial charge in [0.15, 0.2) is 6.29 Å². The molecule has 0 bridgehead atoms. The molecule has 1 aromatic heterocycles. The Bertz CT molecular complexity index is 1430. The number of hydrogen-bond acceptors (Lipinski definition) is 8. The molecule has 2 heterocycles. The predicted molar refractivity (Wildman–Crippen MR) is 160 cm³/mol. The third-order valence-corrected chi connectivity index (χ3v) is 7.33. The van der Waals surface area contributed by atoms with Crippen molar-refractivity contribution in [3.05, 3.63) is 69.4 Å². The van der Waals surface area contributed by atoms with Crippen LogP contribution in [0.4, 0.5) is 13.2 Å². The lowest BCUT2D eigenvalue weighted by Gasteiger charge is -2.25. The maximum Gasteiger partial charge on any atom is 0.573 e. The number of aromatic nitrogens is 2. The molecule has 1 unspecified atom stereocenters. The lowest BCUT2D eigenvalue weighted by molar-refractivity contribution is -0.274. The number of benzene rings is 2. The van der Waals surface area contributed by atoms with E-state index in [1.807, 2.05) is 0 Å². The Morgan fingerprint density at radius 3 is 2.60 bits per heavy atom. The molecule has 244 valence electrons. The smallest absolute Gasteiger partial charge is 0.465 e. The van der Waals surface area contributed by atoms with E-state index >= 15 is 0 Å². The van der Waals surface area contributed by atoms with Gasteiger partial charge < -0.3 is 28.6 Å². The van der Waals surface area contributed by atoms with Gasteiger partial charge in [-0.05, 0) is 78.4 Å². The first kappa shape index (κ1) is 34.5. The maximum absolute atomic E-state index is 14.1. The number of imidazole rings is 1. The van der Waals surface area contributed by atoms with Gasteiger partial charge in [-0.15, -0.1) is 13.2 Å². The van der Waals surface area contributed by atoms with E-state index in [-0.39, 0.29) is 54.6 Å². The van der Waals surface area contributed by atoms with E-state index in [9.17, 15) is 22.8 Å². The first-order valence-electron chi connectivity index (χ1n) is 14.2. The first-order valence-corrected chi connectivity index (χ1v) is 15.4. The number of ether oxygens (including phenoxy) is 5. The van der Waals surface area contributed by atoms with Gasteiger partial charge >= 0.3 is 18.3 Å². The fraction of sp³-hybridized carbons (Fsp3) is 0.433. The van der Waals surface area contributed by atoms with Crippen molar-refractivity contribution < 1.29 is 46.4 Å². The van der Waals surface area contributed by atoms with Crippen molar-refractivity contribution in [2.24, 2.45) is 0 Å². The van der Waals surface area contributed by atoms with Crippen molar-refractivity contribution in [2.75, 3.05) is 32.9 Å². The van der Waals surface area contributed by atoms with E-state index in [4.69, 9.17) is 30.5 Å². The summed E-state index contributed by atoms with van der Waals surface area (Å²) < 4.78 is 66.4. The zero-order valence-electron chi connectivity index (χ0n) is 24.4. The van der Waals surface area contributed by atoms with Crippen LogP contribution in [0.2, 0.25) is 5.02 Å². The molecular formula is C30H32BrClF3N3O7. The molecule has 3 aromatic rings. The van der Waals surface area contributed by atoms with Gasteiger partial charge in [0, 0.05) is 24.2 Å². The lowest BCUT2D eigenvalue weighted by atomic mass is 10.2. The Balaban J connectivity index is 1.62. The molecule has 10 nitrogen and oxygen atoms in total. The van der Waals surface area contributed by atoms with Gasteiger partial charge in [-0.1, -0.05) is 29.8 Å². The number of carbonyl (C=O) groups is 2. The molecule has 1 atom stereocenters. The summed E-state index contributed by atoms with van der Waals surface area (Å²) >= 11 is 9.41. The summed E-state index contributed by atoms with van der Waals surface area (Å²) in [4.78, 5) is 32.3. The van der Waals surface area contributed by atoms with Gasteiger partial charge in [0.2, 0.25) is 0 Å². The summed E-state index contributed by atoms with van der Waals surface area (Å²) in [7, 11) is 0. The number of nitrogens with zero attached hydrogens (tertiary/aromatic N) is 3. The summed E-state index contributed by atoms with van der Waals surface area (Å²) in [5, 5.41) is 0.501. The van der Waals surface area contributed by atoms with Gasteiger partial charge in [0.05, 0.1) is 19.8 Å². The molecule has 1 aliphatic rings. The number of amides is 1. The summed E-state index contributed by atoms with van der Waals surface area (Å²) in [6.07, 6.45) is -2.01. The van der Waals surface area contributed by atoms with E-state index in [0.717, 1.165) is 37.0 Å². The number of halogens is 5. The molecule has 1 amide bonds. The molecule has 0 radical (unpaired) electrons. The van der Waals surface area contributed by atoms with Crippen molar-refractivity contribution in [1.82, 2.24) is 14.5 Å². The Morgan fingerprint density at radius 1 is 1.16 bits per heavy atom. The standard InChI is InChI=1S/C30H32BrClF3N3O7/c1-2-41-24(39)19-37(14-6-16-43-25-9-3-4-15-42-25)28(40)26-27(31)36-29(38(26)18-20-10-12-21(32)13-11-20)44-22-7-5-8-23(17-22)45-30(33,34)35/h5,7-8,10-13,17,25H,2-4,6,9,14-16,18-19H2,1H3. The molecule has 2 aromatic carbocycles. The van der Waals surface area contributed by atoms with Crippen LogP contribution < -0.4 is 9.47 Å². The third-order valence-electron chi connectivity index (χ3n) is 6.52. The summed E-state index contributed by atoms with van der Waals surface area (Å²) in [5.41, 5.74) is 0.763. The number of rotatable bonds is 14. The molecule has 45 heavy (non-hydrogen) atoms. The Hall–Kier alpha value is -3.33. The fourth-order valence-electron chi connectivity index (χ4n) is 4.52. The highest BCUT2D eigenvalue weighted by Gasteiger charge is 2.32. The van der Waals surface area contributed by atoms with Crippen LogP contribution in [0.5, 0.6) is 17.5 Å². The molecule has 0 N–H and O–H groups in total. The van der Waals surface area contributed by atoms with E-state index in [0.29, 0.717) is 24.7 Å². The number of hydrogen-bond donors (Lipinski definition) is 0. The number of carbonyl (C=O) groups excluding carboxylic acids is 2. The van der Waals surface area contributed by atoms with Crippen molar-refractivity contribution in [3.8, 4) is 17.5 Å². The number of alkyl halides is 3. The monoisotopic (exact) mass is 717 g/mol. The van der Waals surface area contributed by atoms with Crippen LogP contribution in [-0.4, -0.2) is 71.9 Å². The second-order valence-corrected chi connectivity index (χ2v) is 11.1. The molecule has 4 rings (SSSR count). The number of esters is 1. The predicted octanol–water partition coefficient (Wildman–Crippen LogP) is 6.98. The minimum absolute atomic E-state index is 0.0175. The average molecular weight is 719 g/mol. The molecule has 1 saturated heterocycles. The van der Waals surface area contributed by atoms with Crippen LogP contribution in [0, 0.1) is 0 Å². The van der Waals surface area contributed by atoms with Gasteiger partial charge in [-0.2, -0.15) is 4.98 Å². The highest BCUT2D eigenvalue weighted by atomic mass is 79.9. The summed E-state index contributed by atoms with van der Waals surface area (Å²) in [6, 6.07) is 11.7. The third kappa shape index (κ3) is 10.6. The molecule has 1 fully saturated rings. The van der Waals surface area contributed by atoms with Crippen molar-refractivity contribution in [3.63, 3.8) is 0 Å². The molecular weight excluding hydrogens is 687 g/mol. The zero-order chi connectivity index (χ0) is 32.4. The minimum atomic E-state index is -4.90. The highest BCUT2D eigenvalue weighted by molar-refractivity contribution is 9.10. The zero-order valence-corrected chi connectivity index (χ0v) is 26.7. The highest BCUT2D eigenvalue weighted by Crippen LogP contribution is 2.32. The largest absolute Gasteiger partial charge is 0.573 e. The Morgan fingerprint density at radius 2 is 1.91 bits per heavy atom. The maximum atomic E-state index is 14.1. The van der Waals surface area contributed by atoms with E-state index in [1.165, 1.54) is 21.6 Å². The van der Waals surface area contributed by atoms with Gasteiger partial charge in [0.1, 0.15) is 28.3 Å². The normalized spacial score (nSPS) is 15.0. The van der Waals surface area contributed by atoms with E-state index in [2.05, 4.69) is 25.7 Å². The Kier molecular flexibility index (Phi) is 12.5. The van der Waals surface area contributed by atoms with Crippen LogP contribution in [0.25, 0.3) is 0 Å². The van der Waals surface area contributed by atoms with E-state index < -0.39 is 24.0 Å². The van der Waals surface area contributed by atoms with Gasteiger partial charge in [-0.25, -0.2) is 0 Å². The van der Waals surface area contributed by atoms with Crippen LogP contribution in [-0.2, 0) is 25.5 Å². The van der Waals surface area contributed by atoms with Crippen molar-refractivity contribution >= 4 is 39.4 Å². The van der Waals surface area contributed by atoms with Crippen molar-refractivity contribution in [1.29, 1.82) is 0 Å². The van der Waals surface area contributed by atoms with Crippen LogP contribution in [0.3, 0.4) is 0 Å². The quantitative estimate of drug-likeness (QED) is 0.130. The summed E-state index contributed by atoms with van der Waals surface area (Å²) in [6.45, 7) is 2.62. The van der Waals surface area contributed by atoms with Crippen LogP contribution in [0.15, 0.2) is 53.1 Å². The van der Waals surface area contributed by atoms with Crippen LogP contribution >= 0.6 is 27.5 Å². The molecule has 0 spiro atoms. The molecule has 0 aliphatic carbocycles. The molecule has 1 aliphatic heterocycles. The minimum Gasteiger partial charge on any atom is -0.465 e. The Labute approximate surface area is 271 Å². The van der Waals surface area contributed by atoms with Gasteiger partial charge in [-0.3, -0.25) is 14.2 Å². The molecule has 0 saturated carbocycles. The van der Waals surface area contributed by atoms with Gasteiger partial charge in [0.25, 0.3) is 5.91 Å². The second-order valence-electron chi connectivity index (χ2n) is 9.92. The fourth-order valence-corrected chi connectivity index (χ4v) is 5.18. The van der Waals surface area contributed by atoms with E-state index in [1.54, 1.807) is 31.2 Å². The lowest BCUT2D eigenvalue weighted by Crippen LogP contribution is -2.39. The topological polar surface area (TPSA) is 101 Å². The second kappa shape index (κ2) is 16.3. The SMILES string of the molecule is CCOC(=O)CN(CCCOC1CCCCO1)C(=O)c1c(Br)nc(Oc2cccc(OC(F)(F)F)c2)n1Cc1ccc(Cl)cc1. The molecule has 15 heteroatoms. The summed E-state index contributed by atoms with van der Waals surface area (Å²) in [5.74, 6) is -1.67. The first-order chi connectivity index (χ1) is 21.5.